The maximum atomic E-state index is 13.8. The van der Waals surface area contributed by atoms with E-state index in [4.69, 9.17) is 39.9 Å². The zero-order valence-corrected chi connectivity index (χ0v) is 30.7. The van der Waals surface area contributed by atoms with E-state index in [-0.39, 0.29) is 47.9 Å². The third-order valence-electron chi connectivity index (χ3n) is 13.1. The summed E-state index contributed by atoms with van der Waals surface area (Å²) in [4.78, 5) is 34.3. The Morgan fingerprint density at radius 3 is 1.51 bits per heavy atom. The summed E-state index contributed by atoms with van der Waals surface area (Å²) in [5.74, 6) is 1.28. The van der Waals surface area contributed by atoms with Crippen molar-refractivity contribution in [1.29, 1.82) is 10.8 Å². The van der Waals surface area contributed by atoms with Gasteiger partial charge in [0.25, 0.3) is 0 Å². The molecule has 2 aliphatic carbocycles. The first-order valence-corrected chi connectivity index (χ1v) is 20.0. The molecule has 6 saturated heterocycles. The molecule has 55 heavy (non-hydrogen) atoms. The summed E-state index contributed by atoms with van der Waals surface area (Å²) in [5, 5.41) is 32.1. The van der Waals surface area contributed by atoms with Crippen molar-refractivity contribution >= 4 is 34.4 Å². The zero-order chi connectivity index (χ0) is 38.0. The van der Waals surface area contributed by atoms with Gasteiger partial charge in [-0.05, 0) is 49.4 Å². The third-order valence-corrected chi connectivity index (χ3v) is 13.8. The lowest BCUT2D eigenvalue weighted by Gasteiger charge is -2.39. The summed E-state index contributed by atoms with van der Waals surface area (Å²) in [6.45, 7) is 3.86. The summed E-state index contributed by atoms with van der Waals surface area (Å²) in [5.41, 5.74) is 11.5. The molecule has 4 amide bonds. The highest BCUT2D eigenvalue weighted by atomic mass is 32.3. The quantitative estimate of drug-likeness (QED) is 0.117. The van der Waals surface area contributed by atoms with Gasteiger partial charge in [0.15, 0.2) is 23.4 Å². The van der Waals surface area contributed by atoms with Crippen LogP contribution in [0.1, 0.15) is 73.5 Å². The van der Waals surface area contributed by atoms with Crippen molar-refractivity contribution in [3.63, 3.8) is 0 Å². The van der Waals surface area contributed by atoms with Crippen LogP contribution < -0.4 is 22.1 Å². The Bertz CT molecular complexity index is 1900. The predicted molar refractivity (Wildman–Crippen MR) is 186 cm³/mol. The summed E-state index contributed by atoms with van der Waals surface area (Å²) >= 11 is 0. The van der Waals surface area contributed by atoms with E-state index < -0.39 is 46.6 Å². The van der Waals surface area contributed by atoms with Crippen LogP contribution in [0, 0.1) is 21.6 Å². The van der Waals surface area contributed by atoms with Crippen LogP contribution in [0.25, 0.3) is 0 Å². The van der Waals surface area contributed by atoms with E-state index in [9.17, 15) is 18.0 Å². The van der Waals surface area contributed by atoms with Crippen molar-refractivity contribution < 1.29 is 35.6 Å². The molecule has 0 radical (unpaired) electrons. The standard InChI is InChI=1S/C32H44N14O8S/c33-27(34)41-11-17(12-41)37-9-19-5-21(39-51-19)23-7-31(1-2-31)25-15-43(23)29(47)45(25)53-55(49,50)54-46-26-16-44(30(46)48)24(8-32(26)3-4-32)22-6-20(52-40-22)10-38-18-13-42(14-18)28(35)36/h5-6,17-18,23-26,37-38H,1-4,7-16H2,(H3,33,34)(H3,35,36)/t23-,24-,25-,26-/m0/s1. The maximum absolute atomic E-state index is 13.8. The first-order chi connectivity index (χ1) is 26.3. The number of nitrogens with zero attached hydrogens (tertiary/aromatic N) is 8. The number of aromatic nitrogens is 2. The second-order valence-electron chi connectivity index (χ2n) is 16.4. The van der Waals surface area contributed by atoms with E-state index >= 15 is 0 Å². The number of hydrogen-bond donors (Lipinski definition) is 6. The van der Waals surface area contributed by atoms with E-state index in [1.807, 2.05) is 12.1 Å². The molecule has 23 heteroatoms. The first-order valence-electron chi connectivity index (χ1n) is 18.7. The Morgan fingerprint density at radius 1 is 0.745 bits per heavy atom. The van der Waals surface area contributed by atoms with E-state index in [2.05, 4.69) is 20.9 Å². The number of rotatable bonds is 12. The molecule has 22 nitrogen and oxygen atoms in total. The van der Waals surface area contributed by atoms with Gasteiger partial charge >= 0.3 is 22.5 Å². The molecule has 296 valence electrons. The van der Waals surface area contributed by atoms with Crippen LogP contribution in [0.3, 0.4) is 0 Å². The number of hydroxylamine groups is 4. The van der Waals surface area contributed by atoms with Crippen LogP contribution in [-0.4, -0.2) is 136 Å². The molecule has 2 spiro atoms. The van der Waals surface area contributed by atoms with Crippen LogP contribution >= 0.6 is 0 Å². The van der Waals surface area contributed by atoms with Crippen LogP contribution in [0.2, 0.25) is 0 Å². The van der Waals surface area contributed by atoms with Crippen LogP contribution in [-0.2, 0) is 32.1 Å². The number of likely N-dealkylation sites (tertiary alicyclic amines) is 2. The number of hydrogen-bond acceptors (Lipinski definition) is 14. The number of carbonyl (C=O) groups is 2. The molecule has 2 aromatic heterocycles. The number of nitrogens with two attached hydrogens (primary N) is 2. The number of carbonyl (C=O) groups excluding carboxylic acids is 2. The maximum Gasteiger partial charge on any atom is 0.442 e. The van der Waals surface area contributed by atoms with Gasteiger partial charge in [0.1, 0.15) is 11.4 Å². The summed E-state index contributed by atoms with van der Waals surface area (Å²) in [7, 11) is -4.91. The molecule has 2 saturated carbocycles. The highest BCUT2D eigenvalue weighted by molar-refractivity contribution is 7.81. The lowest BCUT2D eigenvalue weighted by atomic mass is 9.84. The second-order valence-corrected chi connectivity index (χ2v) is 17.6. The predicted octanol–water partition coefficient (Wildman–Crippen LogP) is -0.532. The Morgan fingerprint density at radius 2 is 1.15 bits per heavy atom. The number of guanidine groups is 2. The molecule has 6 aliphatic heterocycles. The average molecular weight is 785 g/mol. The summed E-state index contributed by atoms with van der Waals surface area (Å²) < 4.78 is 49.4. The minimum atomic E-state index is -4.91. The van der Waals surface area contributed by atoms with E-state index in [0.717, 1.165) is 35.8 Å². The number of piperidine rings is 2. The number of urea groups is 2. The lowest BCUT2D eigenvalue weighted by molar-refractivity contribution is -0.101. The van der Waals surface area contributed by atoms with E-state index in [1.165, 1.54) is 0 Å². The van der Waals surface area contributed by atoms with Crippen molar-refractivity contribution in [3.8, 4) is 0 Å². The van der Waals surface area contributed by atoms with Gasteiger partial charge in [0.2, 0.25) is 0 Å². The van der Waals surface area contributed by atoms with E-state index in [1.54, 1.807) is 19.6 Å². The molecule has 4 atom stereocenters. The van der Waals surface area contributed by atoms with Gasteiger partial charge in [0, 0.05) is 63.5 Å². The average Bonchev–Trinajstić information content (AvgIpc) is 3.81. The third kappa shape index (κ3) is 5.85. The molecule has 8 N–H and O–H groups in total. The Balaban J connectivity index is 0.785. The second kappa shape index (κ2) is 12.1. The van der Waals surface area contributed by atoms with E-state index in [0.29, 0.717) is 75.0 Å². The molecule has 8 heterocycles. The van der Waals surface area contributed by atoms with Gasteiger partial charge in [-0.1, -0.05) is 10.3 Å². The van der Waals surface area contributed by atoms with Gasteiger partial charge in [0.05, 0.1) is 37.3 Å². The first kappa shape index (κ1) is 34.8. The molecule has 10 rings (SSSR count). The van der Waals surface area contributed by atoms with Crippen LogP contribution in [0.15, 0.2) is 21.2 Å². The fraction of sp³-hybridized carbons (Fsp3) is 0.688. The van der Waals surface area contributed by atoms with Crippen molar-refractivity contribution in [2.45, 2.75) is 87.9 Å². The highest BCUT2D eigenvalue weighted by Gasteiger charge is 2.66. The van der Waals surface area contributed by atoms with Crippen molar-refractivity contribution in [2.75, 3.05) is 39.3 Å². The van der Waals surface area contributed by atoms with Crippen molar-refractivity contribution in [1.82, 2.24) is 50.7 Å². The smallest absolute Gasteiger partial charge is 0.370 e. The minimum absolute atomic E-state index is 0.0412. The minimum Gasteiger partial charge on any atom is -0.370 e. The molecule has 0 aromatic carbocycles. The number of nitrogens with one attached hydrogen (secondary N) is 4. The fourth-order valence-electron chi connectivity index (χ4n) is 9.40. The molecule has 0 unspecified atom stereocenters. The molecule has 8 aliphatic rings. The van der Waals surface area contributed by atoms with Crippen LogP contribution in [0.5, 0.6) is 0 Å². The lowest BCUT2D eigenvalue weighted by Crippen LogP contribution is -2.61. The van der Waals surface area contributed by atoms with Gasteiger partial charge in [-0.15, -0.1) is 8.57 Å². The molecule has 2 aromatic rings. The highest BCUT2D eigenvalue weighted by Crippen LogP contribution is 2.63. The Kier molecular flexibility index (Phi) is 7.67. The Hall–Kier alpha value is -4.71. The van der Waals surface area contributed by atoms with Crippen LogP contribution in [0.4, 0.5) is 9.59 Å². The van der Waals surface area contributed by atoms with Gasteiger partial charge in [-0.3, -0.25) is 10.8 Å². The molecular formula is C32H44N14O8S. The fourth-order valence-corrected chi connectivity index (χ4v) is 10.2. The summed E-state index contributed by atoms with van der Waals surface area (Å²) in [6.07, 6.45) is 4.32. The molecular weight excluding hydrogens is 741 g/mol. The van der Waals surface area contributed by atoms with Gasteiger partial charge in [-0.2, -0.15) is 18.5 Å². The Labute approximate surface area is 315 Å². The number of fused-ring (bicyclic) bond motifs is 6. The normalized spacial score (nSPS) is 29.1. The van der Waals surface area contributed by atoms with Gasteiger partial charge in [-0.25, -0.2) is 9.59 Å². The number of amides is 4. The molecule has 8 fully saturated rings. The SMILES string of the molecule is N=C(N)N1CC(NCc2cc([C@@H]3CC4(CC4)[C@@H]4CN3C(=O)N4OS(=O)(=O)ON3C(=O)N4C[C@H]3C3(CC3)C[C@H]4c3cc(CNC4CN(C(=N)N)C4)on3)no2)C1. The molecule has 4 bridgehead atoms. The zero-order valence-electron chi connectivity index (χ0n) is 29.9. The largest absolute Gasteiger partial charge is 0.442 e. The summed E-state index contributed by atoms with van der Waals surface area (Å²) in [6, 6.07) is 0.820. The van der Waals surface area contributed by atoms with Crippen molar-refractivity contribution in [3.05, 3.63) is 35.0 Å². The topological polar surface area (TPSA) is 282 Å². The van der Waals surface area contributed by atoms with Crippen molar-refractivity contribution in [2.24, 2.45) is 22.3 Å². The van der Waals surface area contributed by atoms with Gasteiger partial charge < -0.3 is 50.7 Å². The monoisotopic (exact) mass is 784 g/mol.